The number of hydrogen-bond donors (Lipinski definition) is 1. The molecule has 4 aliphatic carbocycles. The van der Waals surface area contributed by atoms with Gasteiger partial charge in [-0.2, -0.15) is 0 Å². The Balaban J connectivity index is 1.66. The fraction of sp³-hybridized carbons (Fsp3) is 0.850. The van der Waals surface area contributed by atoms with Crippen LogP contribution in [-0.2, 0) is 4.79 Å². The minimum absolute atomic E-state index is 0.0909. The molecule has 0 aromatic heterocycles. The van der Waals surface area contributed by atoms with E-state index in [0.29, 0.717) is 17.6 Å². The van der Waals surface area contributed by atoms with Crippen LogP contribution in [0.2, 0.25) is 0 Å². The second-order valence-electron chi connectivity index (χ2n) is 9.20. The first kappa shape index (κ1) is 14.9. The lowest BCUT2D eigenvalue weighted by atomic mass is 9.45. The Morgan fingerprint density at radius 2 is 1.77 bits per heavy atom. The minimum atomic E-state index is -0.0909. The summed E-state index contributed by atoms with van der Waals surface area (Å²) in [7, 11) is 0. The molecule has 2 nitrogen and oxygen atoms in total. The summed E-state index contributed by atoms with van der Waals surface area (Å²) < 4.78 is 0. The zero-order valence-electron chi connectivity index (χ0n) is 14.1. The monoisotopic (exact) mass is 302 g/mol. The Morgan fingerprint density at radius 3 is 2.55 bits per heavy atom. The lowest BCUT2D eigenvalue weighted by molar-refractivity contribution is -0.134. The first-order valence-electron chi connectivity index (χ1n) is 9.25. The Morgan fingerprint density at radius 1 is 1.05 bits per heavy atom. The zero-order valence-corrected chi connectivity index (χ0v) is 14.1. The molecule has 0 aromatic carbocycles. The van der Waals surface area contributed by atoms with Gasteiger partial charge in [-0.3, -0.25) is 4.79 Å². The van der Waals surface area contributed by atoms with E-state index in [-0.39, 0.29) is 16.9 Å². The summed E-state index contributed by atoms with van der Waals surface area (Å²) in [6, 6.07) is 0. The van der Waals surface area contributed by atoms with Crippen LogP contribution in [0.3, 0.4) is 0 Å². The molecule has 0 aromatic rings. The molecule has 0 bridgehead atoms. The third-order valence-corrected chi connectivity index (χ3v) is 8.44. The Bertz CT molecular complexity index is 524. The van der Waals surface area contributed by atoms with E-state index in [1.165, 1.54) is 32.1 Å². The number of rotatable bonds is 0. The molecule has 122 valence electrons. The van der Waals surface area contributed by atoms with Gasteiger partial charge in [-0.15, -0.1) is 0 Å². The van der Waals surface area contributed by atoms with Gasteiger partial charge in [0.1, 0.15) is 0 Å². The van der Waals surface area contributed by atoms with E-state index in [4.69, 9.17) is 0 Å². The topological polar surface area (TPSA) is 37.3 Å². The van der Waals surface area contributed by atoms with Gasteiger partial charge in [-0.1, -0.05) is 20.4 Å². The van der Waals surface area contributed by atoms with E-state index in [1.807, 2.05) is 0 Å². The van der Waals surface area contributed by atoms with Crippen molar-refractivity contribution >= 4 is 5.78 Å². The number of Topliss-reactive ketones (excluding diaryl/α,β-unsaturated/α-hetero) is 1. The quantitative estimate of drug-likeness (QED) is 0.683. The van der Waals surface area contributed by atoms with Gasteiger partial charge in [0.25, 0.3) is 0 Å². The van der Waals surface area contributed by atoms with Crippen molar-refractivity contribution in [3.63, 3.8) is 0 Å². The number of hydrogen-bond acceptors (Lipinski definition) is 2. The molecule has 2 unspecified atom stereocenters. The first-order valence-corrected chi connectivity index (χ1v) is 9.25. The van der Waals surface area contributed by atoms with Gasteiger partial charge in [-0.25, -0.2) is 0 Å². The third-order valence-electron chi connectivity index (χ3n) is 8.44. The standard InChI is InChI=1S/C20H30O2/c1-12-11-20(3)13(10-17(12)21)4-5-14-15-6-7-18(22)19(15,2)9-8-16(14)20/h13-16,18,22H,1,4-11H2,2-3H3/t13?,14-,15-,16-,18?,19-,20-/m0/s1. The Kier molecular flexibility index (Phi) is 3.18. The van der Waals surface area contributed by atoms with E-state index < -0.39 is 0 Å². The van der Waals surface area contributed by atoms with Gasteiger partial charge in [0.05, 0.1) is 6.10 Å². The van der Waals surface area contributed by atoms with Crippen LogP contribution >= 0.6 is 0 Å². The molecule has 4 fully saturated rings. The van der Waals surface area contributed by atoms with Crippen molar-refractivity contribution in [2.24, 2.45) is 34.5 Å². The number of carbonyl (C=O) groups is 1. The van der Waals surface area contributed by atoms with Gasteiger partial charge in [0, 0.05) is 6.42 Å². The van der Waals surface area contributed by atoms with Crippen LogP contribution in [0, 0.1) is 34.5 Å². The largest absolute Gasteiger partial charge is 0.393 e. The van der Waals surface area contributed by atoms with Gasteiger partial charge in [-0.05, 0) is 85.0 Å². The van der Waals surface area contributed by atoms with Gasteiger partial charge in [0.15, 0.2) is 5.78 Å². The Labute approximate surface area is 134 Å². The number of fused-ring (bicyclic) bond motifs is 5. The van der Waals surface area contributed by atoms with Gasteiger partial charge >= 0.3 is 0 Å². The molecule has 0 aliphatic heterocycles. The highest BCUT2D eigenvalue weighted by Crippen LogP contribution is 2.66. The van der Waals surface area contributed by atoms with E-state index in [0.717, 1.165) is 36.7 Å². The number of ketones is 1. The van der Waals surface area contributed by atoms with Crippen molar-refractivity contribution in [2.75, 3.05) is 0 Å². The second kappa shape index (κ2) is 4.69. The minimum Gasteiger partial charge on any atom is -0.393 e. The van der Waals surface area contributed by atoms with Crippen molar-refractivity contribution in [3.8, 4) is 0 Å². The van der Waals surface area contributed by atoms with Crippen molar-refractivity contribution in [1.82, 2.24) is 0 Å². The molecule has 2 heteroatoms. The summed E-state index contributed by atoms with van der Waals surface area (Å²) in [5, 5.41) is 10.5. The molecule has 4 rings (SSSR count). The number of carbonyl (C=O) groups excluding carboxylic acids is 1. The summed E-state index contributed by atoms with van der Waals surface area (Å²) in [6.07, 6.45) is 8.66. The third kappa shape index (κ3) is 1.79. The molecule has 0 saturated heterocycles. The second-order valence-corrected chi connectivity index (χ2v) is 9.20. The van der Waals surface area contributed by atoms with Crippen LogP contribution in [0.5, 0.6) is 0 Å². The Hall–Kier alpha value is -0.630. The average molecular weight is 302 g/mol. The molecule has 0 radical (unpaired) electrons. The molecule has 0 amide bonds. The number of allylic oxidation sites excluding steroid dienone is 1. The fourth-order valence-corrected chi connectivity index (χ4v) is 7.04. The fourth-order valence-electron chi connectivity index (χ4n) is 7.04. The van der Waals surface area contributed by atoms with Crippen LogP contribution in [-0.4, -0.2) is 17.0 Å². The molecule has 0 heterocycles. The summed E-state index contributed by atoms with van der Waals surface area (Å²) in [4.78, 5) is 12.1. The van der Waals surface area contributed by atoms with Crippen LogP contribution in [0.4, 0.5) is 0 Å². The maximum Gasteiger partial charge on any atom is 0.158 e. The summed E-state index contributed by atoms with van der Waals surface area (Å²) in [6.45, 7) is 8.85. The molecular weight excluding hydrogens is 272 g/mol. The highest BCUT2D eigenvalue weighted by Gasteiger charge is 2.60. The molecule has 7 atom stereocenters. The smallest absolute Gasteiger partial charge is 0.158 e. The highest BCUT2D eigenvalue weighted by atomic mass is 16.3. The molecule has 4 saturated carbocycles. The molecule has 22 heavy (non-hydrogen) atoms. The van der Waals surface area contributed by atoms with Crippen LogP contribution in [0.15, 0.2) is 12.2 Å². The zero-order chi connectivity index (χ0) is 15.7. The lowest BCUT2D eigenvalue weighted by Crippen LogP contribution is -2.54. The van der Waals surface area contributed by atoms with Crippen LogP contribution < -0.4 is 0 Å². The molecule has 4 aliphatic rings. The van der Waals surface area contributed by atoms with E-state index >= 15 is 0 Å². The SMILES string of the molecule is C=C1C[C@@]2(C)C(CC[C@@H]3[C@@H]2CC[C@]2(C)C(O)CC[C@@H]32)CC1=O. The summed E-state index contributed by atoms with van der Waals surface area (Å²) in [5.74, 6) is 3.09. The highest BCUT2D eigenvalue weighted by molar-refractivity contribution is 5.95. The maximum absolute atomic E-state index is 12.1. The first-order chi connectivity index (χ1) is 10.4. The van der Waals surface area contributed by atoms with E-state index in [9.17, 15) is 9.90 Å². The van der Waals surface area contributed by atoms with Crippen molar-refractivity contribution in [1.29, 1.82) is 0 Å². The summed E-state index contributed by atoms with van der Waals surface area (Å²) in [5.41, 5.74) is 1.31. The molecule has 1 N–H and O–H groups in total. The number of aliphatic hydroxyl groups excluding tert-OH is 1. The van der Waals surface area contributed by atoms with Crippen molar-refractivity contribution < 1.29 is 9.90 Å². The molecular formula is C20H30O2. The average Bonchev–Trinajstić information content (AvgIpc) is 2.77. The normalized spacial score (nSPS) is 54.6. The van der Waals surface area contributed by atoms with Gasteiger partial charge in [0.2, 0.25) is 0 Å². The van der Waals surface area contributed by atoms with E-state index in [2.05, 4.69) is 20.4 Å². The summed E-state index contributed by atoms with van der Waals surface area (Å²) >= 11 is 0. The maximum atomic E-state index is 12.1. The van der Waals surface area contributed by atoms with Crippen LogP contribution in [0.1, 0.15) is 65.2 Å². The van der Waals surface area contributed by atoms with Crippen molar-refractivity contribution in [2.45, 2.75) is 71.3 Å². The van der Waals surface area contributed by atoms with Gasteiger partial charge < -0.3 is 5.11 Å². The lowest BCUT2D eigenvalue weighted by Gasteiger charge is -2.60. The predicted octanol–water partition coefficient (Wildman–Crippen LogP) is 4.13. The van der Waals surface area contributed by atoms with Crippen molar-refractivity contribution in [3.05, 3.63) is 12.2 Å². The molecule has 0 spiro atoms. The van der Waals surface area contributed by atoms with Crippen LogP contribution in [0.25, 0.3) is 0 Å². The number of aliphatic hydroxyl groups is 1. The van der Waals surface area contributed by atoms with E-state index in [1.54, 1.807) is 0 Å². The predicted molar refractivity (Wildman–Crippen MR) is 87.3 cm³/mol.